The Morgan fingerprint density at radius 3 is 2.68 bits per heavy atom. The van der Waals surface area contributed by atoms with Crippen LogP contribution in [0.2, 0.25) is 0 Å². The number of likely N-dealkylation sites (N-methyl/N-ethyl adjacent to an activating group) is 1. The molecule has 0 aliphatic carbocycles. The van der Waals surface area contributed by atoms with E-state index in [2.05, 4.69) is 0 Å². The first-order valence-electron chi connectivity index (χ1n) is 7.90. The van der Waals surface area contributed by atoms with Gasteiger partial charge in [-0.3, -0.25) is 4.79 Å². The molecule has 1 amide bonds. The number of nitrogens with zero attached hydrogens (tertiary/aromatic N) is 2. The molecule has 0 spiro atoms. The average Bonchev–Trinajstić information content (AvgIpc) is 2.72. The Morgan fingerprint density at radius 1 is 1.28 bits per heavy atom. The van der Waals surface area contributed by atoms with Crippen LogP contribution in [0.3, 0.4) is 0 Å². The van der Waals surface area contributed by atoms with Gasteiger partial charge in [0.2, 0.25) is 15.9 Å². The average molecular weight is 368 g/mol. The van der Waals surface area contributed by atoms with Crippen molar-refractivity contribution in [1.82, 2.24) is 9.21 Å². The Morgan fingerprint density at radius 2 is 2.00 bits per heavy atom. The second kappa shape index (κ2) is 6.40. The van der Waals surface area contributed by atoms with Crippen LogP contribution in [-0.4, -0.2) is 74.0 Å². The maximum absolute atomic E-state index is 13.1. The minimum Gasteiger partial charge on any atom is -0.478 e. The summed E-state index contributed by atoms with van der Waals surface area (Å²) >= 11 is 0. The fraction of sp³-hybridized carbons (Fsp3) is 0.500. The van der Waals surface area contributed by atoms with Crippen molar-refractivity contribution in [2.75, 3.05) is 33.4 Å². The molecule has 25 heavy (non-hydrogen) atoms. The van der Waals surface area contributed by atoms with Crippen LogP contribution in [0.4, 0.5) is 0 Å². The monoisotopic (exact) mass is 368 g/mol. The first-order chi connectivity index (χ1) is 11.7. The lowest BCUT2D eigenvalue weighted by molar-refractivity contribution is -0.133. The minimum atomic E-state index is -3.93. The first kappa shape index (κ1) is 17.8. The third-order valence-electron chi connectivity index (χ3n) is 4.77. The zero-order chi connectivity index (χ0) is 18.4. The lowest BCUT2D eigenvalue weighted by atomic mass is 10.1. The Hall–Kier alpha value is -1.97. The third kappa shape index (κ3) is 3.14. The molecule has 2 atom stereocenters. The normalized spacial score (nSPS) is 24.9. The van der Waals surface area contributed by atoms with Gasteiger partial charge in [0.25, 0.3) is 0 Å². The lowest BCUT2D eigenvalue weighted by Crippen LogP contribution is -2.45. The molecule has 2 bridgehead atoms. The number of carbonyl (C=O) groups excluding carboxylic acids is 1. The van der Waals surface area contributed by atoms with Crippen molar-refractivity contribution in [1.29, 1.82) is 0 Å². The van der Waals surface area contributed by atoms with E-state index in [1.807, 2.05) is 0 Å². The number of amides is 1. The molecule has 2 aliphatic rings. The van der Waals surface area contributed by atoms with Crippen LogP contribution in [-0.2, 0) is 19.6 Å². The summed E-state index contributed by atoms with van der Waals surface area (Å²) in [6.45, 7) is 2.23. The Balaban J connectivity index is 2.02. The van der Waals surface area contributed by atoms with Gasteiger partial charge < -0.3 is 14.7 Å². The zero-order valence-electron chi connectivity index (χ0n) is 14.0. The van der Waals surface area contributed by atoms with E-state index >= 15 is 0 Å². The van der Waals surface area contributed by atoms with Gasteiger partial charge in [0.15, 0.2) is 0 Å². The molecule has 2 saturated heterocycles. The molecule has 1 N–H and O–H groups in total. The maximum atomic E-state index is 13.1. The number of hydrogen-bond acceptors (Lipinski definition) is 5. The molecule has 0 unspecified atom stereocenters. The molecule has 3 rings (SSSR count). The fourth-order valence-corrected chi connectivity index (χ4v) is 4.98. The highest BCUT2D eigenvalue weighted by molar-refractivity contribution is 7.89. The highest BCUT2D eigenvalue weighted by atomic mass is 32.2. The summed E-state index contributed by atoms with van der Waals surface area (Å²) in [5.74, 6) is -1.88. The van der Waals surface area contributed by atoms with Crippen LogP contribution in [0.5, 0.6) is 0 Å². The molecule has 0 saturated carbocycles. The quantitative estimate of drug-likeness (QED) is 0.816. The zero-order valence-corrected chi connectivity index (χ0v) is 14.8. The highest BCUT2D eigenvalue weighted by Crippen LogP contribution is 2.27. The molecule has 8 nitrogen and oxygen atoms in total. The number of hydrogen-bond donors (Lipinski definition) is 1. The summed E-state index contributed by atoms with van der Waals surface area (Å²) in [5, 5.41) is 9.15. The summed E-state index contributed by atoms with van der Waals surface area (Å²) < 4.78 is 33.0. The third-order valence-corrected chi connectivity index (χ3v) is 6.74. The summed E-state index contributed by atoms with van der Waals surface area (Å²) in [6, 6.07) is 3.67. The molecule has 2 heterocycles. The van der Waals surface area contributed by atoms with Gasteiger partial charge in [-0.15, -0.1) is 0 Å². The van der Waals surface area contributed by atoms with E-state index in [0.29, 0.717) is 5.56 Å². The van der Waals surface area contributed by atoms with Crippen LogP contribution in [0.15, 0.2) is 23.1 Å². The van der Waals surface area contributed by atoms with Crippen molar-refractivity contribution >= 4 is 21.9 Å². The number of fused-ring (bicyclic) bond motifs is 3. The molecular formula is C16H20N2O6S. The summed E-state index contributed by atoms with van der Waals surface area (Å²) in [5.41, 5.74) is 0.381. The van der Waals surface area contributed by atoms with Gasteiger partial charge in [-0.1, -0.05) is 6.07 Å². The molecule has 136 valence electrons. The van der Waals surface area contributed by atoms with Gasteiger partial charge in [0.05, 0.1) is 35.6 Å². The SMILES string of the molecule is Cc1ccc(C(=O)O)cc1S(=O)(=O)N1C[C@@H]2COC[C@H](C1)N(C)C2=O. The Bertz CT molecular complexity index is 822. The van der Waals surface area contributed by atoms with E-state index in [0.717, 1.165) is 0 Å². The number of rotatable bonds is 3. The molecule has 2 aliphatic heterocycles. The highest BCUT2D eigenvalue weighted by Gasteiger charge is 2.41. The number of carboxylic acids is 1. The van der Waals surface area contributed by atoms with Gasteiger partial charge in [-0.25, -0.2) is 13.2 Å². The predicted octanol–water partition coefficient (Wildman–Crippen LogP) is 0.171. The van der Waals surface area contributed by atoms with E-state index in [1.165, 1.54) is 22.5 Å². The second-order valence-corrected chi connectivity index (χ2v) is 8.35. The van der Waals surface area contributed by atoms with Crippen LogP contribution >= 0.6 is 0 Å². The standard InChI is InChI=1S/C16H20N2O6S/c1-10-3-4-11(16(20)21)5-14(10)25(22,23)18-6-12-8-24-9-13(7-18)17(2)15(12)19/h3-5,12-13H,6-9H2,1-2H3,(H,20,21)/t12-,13+/m1/s1. The second-order valence-electron chi connectivity index (χ2n) is 6.44. The van der Waals surface area contributed by atoms with Gasteiger partial charge in [0.1, 0.15) is 0 Å². The fourth-order valence-electron chi connectivity index (χ4n) is 3.21. The maximum Gasteiger partial charge on any atom is 0.335 e. The van der Waals surface area contributed by atoms with Crippen molar-refractivity contribution in [3.8, 4) is 0 Å². The van der Waals surface area contributed by atoms with Crippen molar-refractivity contribution in [2.24, 2.45) is 5.92 Å². The molecule has 9 heteroatoms. The minimum absolute atomic E-state index is 0.0265. The van der Waals surface area contributed by atoms with Crippen molar-refractivity contribution in [2.45, 2.75) is 17.9 Å². The van der Waals surface area contributed by atoms with Crippen molar-refractivity contribution in [3.05, 3.63) is 29.3 Å². The van der Waals surface area contributed by atoms with Crippen molar-refractivity contribution in [3.63, 3.8) is 0 Å². The molecule has 0 aromatic heterocycles. The number of carbonyl (C=O) groups is 2. The van der Waals surface area contributed by atoms with Gasteiger partial charge in [-0.05, 0) is 24.6 Å². The van der Waals surface area contributed by atoms with Crippen LogP contribution in [0.1, 0.15) is 15.9 Å². The Kier molecular flexibility index (Phi) is 4.56. The van der Waals surface area contributed by atoms with Gasteiger partial charge >= 0.3 is 5.97 Å². The number of benzene rings is 1. The van der Waals surface area contributed by atoms with Gasteiger partial charge in [-0.2, -0.15) is 4.31 Å². The number of aromatic carboxylic acids is 1. The number of carboxylic acid groups (broad SMARTS) is 1. The van der Waals surface area contributed by atoms with Crippen LogP contribution in [0.25, 0.3) is 0 Å². The molecule has 2 fully saturated rings. The van der Waals surface area contributed by atoms with Crippen LogP contribution in [0, 0.1) is 12.8 Å². The smallest absolute Gasteiger partial charge is 0.335 e. The van der Waals surface area contributed by atoms with E-state index in [-0.39, 0.29) is 48.7 Å². The van der Waals surface area contributed by atoms with E-state index < -0.39 is 21.9 Å². The molecule has 1 aromatic rings. The first-order valence-corrected chi connectivity index (χ1v) is 9.34. The summed E-state index contributed by atoms with van der Waals surface area (Å²) in [6.07, 6.45) is 0. The molecule has 0 radical (unpaired) electrons. The number of ether oxygens (including phenoxy) is 1. The molecule has 1 aromatic carbocycles. The largest absolute Gasteiger partial charge is 0.478 e. The predicted molar refractivity (Wildman–Crippen MR) is 87.8 cm³/mol. The molecular weight excluding hydrogens is 348 g/mol. The number of sulfonamides is 1. The summed E-state index contributed by atoms with van der Waals surface area (Å²) in [7, 11) is -2.27. The van der Waals surface area contributed by atoms with Gasteiger partial charge in [0, 0.05) is 20.1 Å². The van der Waals surface area contributed by atoms with E-state index in [4.69, 9.17) is 9.84 Å². The number of aryl methyl sites for hydroxylation is 1. The lowest BCUT2D eigenvalue weighted by Gasteiger charge is -2.29. The van der Waals surface area contributed by atoms with Crippen molar-refractivity contribution < 1.29 is 27.9 Å². The summed E-state index contributed by atoms with van der Waals surface area (Å²) in [4.78, 5) is 25.1. The van der Waals surface area contributed by atoms with Crippen LogP contribution < -0.4 is 0 Å². The van der Waals surface area contributed by atoms with E-state index in [1.54, 1.807) is 18.9 Å². The van der Waals surface area contributed by atoms with E-state index in [9.17, 15) is 18.0 Å². The Labute approximate surface area is 146 Å². The topological polar surface area (TPSA) is 104 Å².